The van der Waals surface area contributed by atoms with Crippen molar-refractivity contribution >= 4 is 0 Å². The fourth-order valence-corrected chi connectivity index (χ4v) is 2.53. The maximum absolute atomic E-state index is 8.74. The van der Waals surface area contributed by atoms with Gasteiger partial charge in [0.15, 0.2) is 0 Å². The Labute approximate surface area is 115 Å². The zero-order chi connectivity index (χ0) is 13.5. The van der Waals surface area contributed by atoms with Crippen molar-refractivity contribution in [3.63, 3.8) is 0 Å². The first kappa shape index (κ1) is 13.9. The fourth-order valence-electron chi connectivity index (χ4n) is 2.53. The number of piperidine rings is 1. The molecule has 0 aromatic heterocycles. The van der Waals surface area contributed by atoms with Crippen LogP contribution in [0.4, 0.5) is 0 Å². The van der Waals surface area contributed by atoms with Crippen molar-refractivity contribution in [3.8, 4) is 11.8 Å². The third-order valence-electron chi connectivity index (χ3n) is 3.72. The Morgan fingerprint density at radius 1 is 1.26 bits per heavy atom. The Hall–Kier alpha value is -1.53. The second-order valence-electron chi connectivity index (χ2n) is 5.23. The van der Waals surface area contributed by atoms with Crippen LogP contribution in [0, 0.1) is 17.2 Å². The predicted molar refractivity (Wildman–Crippen MR) is 76.1 cm³/mol. The van der Waals surface area contributed by atoms with Crippen molar-refractivity contribution in [1.29, 1.82) is 5.26 Å². The van der Waals surface area contributed by atoms with Crippen LogP contribution in [0.2, 0.25) is 0 Å². The molecule has 0 aliphatic carbocycles. The minimum Gasteiger partial charge on any atom is -0.493 e. The summed E-state index contributed by atoms with van der Waals surface area (Å²) in [6, 6.07) is 9.48. The highest BCUT2D eigenvalue weighted by molar-refractivity contribution is 5.34. The quantitative estimate of drug-likeness (QED) is 0.814. The van der Waals surface area contributed by atoms with E-state index in [2.05, 4.69) is 17.9 Å². The van der Waals surface area contributed by atoms with Gasteiger partial charge < -0.3 is 9.64 Å². The molecule has 1 aliphatic heterocycles. The molecule has 0 amide bonds. The van der Waals surface area contributed by atoms with Gasteiger partial charge in [-0.3, -0.25) is 0 Å². The molecule has 0 spiro atoms. The Kier molecular flexibility index (Phi) is 5.23. The molecule has 3 heteroatoms. The molecule has 1 heterocycles. The van der Waals surface area contributed by atoms with Crippen molar-refractivity contribution in [3.05, 3.63) is 29.8 Å². The van der Waals surface area contributed by atoms with Crippen LogP contribution in [0.1, 0.15) is 31.7 Å². The fraction of sp³-hybridized carbons (Fsp3) is 0.562. The molecule has 1 aromatic rings. The van der Waals surface area contributed by atoms with Gasteiger partial charge in [-0.25, -0.2) is 0 Å². The maximum atomic E-state index is 8.74. The van der Waals surface area contributed by atoms with Gasteiger partial charge in [0, 0.05) is 0 Å². The van der Waals surface area contributed by atoms with Crippen molar-refractivity contribution in [2.24, 2.45) is 5.92 Å². The lowest BCUT2D eigenvalue weighted by atomic mass is 9.98. The number of hydrogen-bond donors (Lipinski definition) is 0. The summed E-state index contributed by atoms with van der Waals surface area (Å²) >= 11 is 0. The maximum Gasteiger partial charge on any atom is 0.119 e. The molecular formula is C16H22N2O. The second-order valence-corrected chi connectivity index (χ2v) is 5.23. The summed E-state index contributed by atoms with van der Waals surface area (Å²) in [5, 5.41) is 8.74. The lowest BCUT2D eigenvalue weighted by Gasteiger charge is -2.31. The molecule has 1 saturated heterocycles. The highest BCUT2D eigenvalue weighted by atomic mass is 16.5. The Morgan fingerprint density at radius 2 is 1.95 bits per heavy atom. The third kappa shape index (κ3) is 4.25. The topological polar surface area (TPSA) is 36.3 Å². The van der Waals surface area contributed by atoms with Crippen LogP contribution in [-0.2, 0) is 0 Å². The molecule has 1 fully saturated rings. The second kappa shape index (κ2) is 7.16. The number of hydrogen-bond acceptors (Lipinski definition) is 3. The van der Waals surface area contributed by atoms with E-state index in [-0.39, 0.29) is 0 Å². The first-order valence-corrected chi connectivity index (χ1v) is 7.17. The first-order chi connectivity index (χ1) is 9.31. The molecule has 1 aliphatic rings. The van der Waals surface area contributed by atoms with Gasteiger partial charge in [0.25, 0.3) is 0 Å². The molecule has 0 bridgehead atoms. The molecule has 0 N–H and O–H groups in total. The van der Waals surface area contributed by atoms with E-state index in [1.165, 1.54) is 38.9 Å². The Morgan fingerprint density at radius 3 is 2.53 bits per heavy atom. The molecule has 0 saturated carbocycles. The standard InChI is InChI=1S/C16H22N2O/c1-2-9-18-10-7-15(8-11-18)13-19-16-5-3-14(12-17)4-6-16/h3-6,15H,2,7-11,13H2,1H3. The number of rotatable bonds is 5. The largest absolute Gasteiger partial charge is 0.493 e. The Bertz CT molecular complexity index is 413. The molecule has 0 atom stereocenters. The van der Waals surface area contributed by atoms with Gasteiger partial charge >= 0.3 is 0 Å². The van der Waals surface area contributed by atoms with Gasteiger partial charge in [0.2, 0.25) is 0 Å². The number of ether oxygens (including phenoxy) is 1. The molecule has 102 valence electrons. The van der Waals surface area contributed by atoms with Crippen LogP contribution in [0.15, 0.2) is 24.3 Å². The third-order valence-corrected chi connectivity index (χ3v) is 3.72. The van der Waals surface area contributed by atoms with Crippen molar-refractivity contribution < 1.29 is 4.74 Å². The van der Waals surface area contributed by atoms with Crippen molar-refractivity contribution in [1.82, 2.24) is 4.90 Å². The van der Waals surface area contributed by atoms with Crippen LogP contribution in [0.5, 0.6) is 5.75 Å². The van der Waals surface area contributed by atoms with E-state index >= 15 is 0 Å². The van der Waals surface area contributed by atoms with E-state index < -0.39 is 0 Å². The molecule has 1 aromatic carbocycles. The van der Waals surface area contributed by atoms with Crippen LogP contribution in [0.25, 0.3) is 0 Å². The van der Waals surface area contributed by atoms with Crippen LogP contribution >= 0.6 is 0 Å². The number of likely N-dealkylation sites (tertiary alicyclic amines) is 1. The smallest absolute Gasteiger partial charge is 0.119 e. The molecule has 19 heavy (non-hydrogen) atoms. The van der Waals surface area contributed by atoms with E-state index in [1.54, 1.807) is 12.1 Å². The summed E-state index contributed by atoms with van der Waals surface area (Å²) in [7, 11) is 0. The summed E-state index contributed by atoms with van der Waals surface area (Å²) in [5.41, 5.74) is 0.681. The zero-order valence-corrected chi connectivity index (χ0v) is 11.6. The SMILES string of the molecule is CCCN1CCC(COc2ccc(C#N)cc2)CC1. The van der Waals surface area contributed by atoms with Crippen LogP contribution in [-0.4, -0.2) is 31.1 Å². The minimum atomic E-state index is 0.670. The monoisotopic (exact) mass is 258 g/mol. The lowest BCUT2D eigenvalue weighted by Crippen LogP contribution is -2.35. The van der Waals surface area contributed by atoms with Gasteiger partial charge in [-0.1, -0.05) is 6.92 Å². The molecule has 2 rings (SSSR count). The van der Waals surface area contributed by atoms with Gasteiger partial charge in [-0.05, 0) is 69.1 Å². The van der Waals surface area contributed by atoms with E-state index in [9.17, 15) is 0 Å². The summed E-state index contributed by atoms with van der Waals surface area (Å²) in [6.07, 6.45) is 3.71. The zero-order valence-electron chi connectivity index (χ0n) is 11.6. The summed E-state index contributed by atoms with van der Waals surface area (Å²) in [4.78, 5) is 2.54. The van der Waals surface area contributed by atoms with Gasteiger partial charge in [-0.15, -0.1) is 0 Å². The first-order valence-electron chi connectivity index (χ1n) is 7.17. The van der Waals surface area contributed by atoms with Crippen molar-refractivity contribution in [2.75, 3.05) is 26.2 Å². The number of nitrogens with zero attached hydrogens (tertiary/aromatic N) is 2. The normalized spacial score (nSPS) is 17.1. The number of benzene rings is 1. The molecular weight excluding hydrogens is 236 g/mol. The summed E-state index contributed by atoms with van der Waals surface area (Å²) < 4.78 is 5.81. The van der Waals surface area contributed by atoms with Gasteiger partial charge in [0.1, 0.15) is 5.75 Å². The highest BCUT2D eigenvalue weighted by Crippen LogP contribution is 2.19. The number of nitriles is 1. The average Bonchev–Trinajstić information content (AvgIpc) is 2.47. The summed E-state index contributed by atoms with van der Waals surface area (Å²) in [6.45, 7) is 6.67. The summed E-state index contributed by atoms with van der Waals surface area (Å²) in [5.74, 6) is 1.54. The van der Waals surface area contributed by atoms with Gasteiger partial charge in [0.05, 0.1) is 18.2 Å². The lowest BCUT2D eigenvalue weighted by molar-refractivity contribution is 0.141. The van der Waals surface area contributed by atoms with Crippen LogP contribution in [0.3, 0.4) is 0 Å². The Balaban J connectivity index is 1.73. The molecule has 0 unspecified atom stereocenters. The van der Waals surface area contributed by atoms with E-state index in [1.807, 2.05) is 12.1 Å². The minimum absolute atomic E-state index is 0.670. The average molecular weight is 258 g/mol. The van der Waals surface area contributed by atoms with Crippen LogP contribution < -0.4 is 4.74 Å². The molecule has 0 radical (unpaired) electrons. The van der Waals surface area contributed by atoms with E-state index in [4.69, 9.17) is 10.00 Å². The predicted octanol–water partition coefficient (Wildman–Crippen LogP) is 3.06. The van der Waals surface area contributed by atoms with E-state index in [0.29, 0.717) is 11.5 Å². The van der Waals surface area contributed by atoms with E-state index in [0.717, 1.165) is 12.4 Å². The molecule has 3 nitrogen and oxygen atoms in total. The van der Waals surface area contributed by atoms with Crippen molar-refractivity contribution in [2.45, 2.75) is 26.2 Å². The van der Waals surface area contributed by atoms with Gasteiger partial charge in [-0.2, -0.15) is 5.26 Å². The highest BCUT2D eigenvalue weighted by Gasteiger charge is 2.18.